The molecular formula is C36H52O5S. The van der Waals surface area contributed by atoms with Crippen molar-refractivity contribution in [1.29, 1.82) is 0 Å². The lowest BCUT2D eigenvalue weighted by atomic mass is 9.94. The zero-order valence-corrected chi connectivity index (χ0v) is 27.6. The lowest BCUT2D eigenvalue weighted by Crippen LogP contribution is -2.31. The largest absolute Gasteiger partial charge is 0.483 e. The Hall–Kier alpha value is -2.83. The topological polar surface area (TPSA) is 72.8 Å². The Kier molecular flexibility index (Phi) is 14.6. The molecule has 0 saturated carbocycles. The highest BCUT2D eigenvalue weighted by Gasteiger charge is 2.27. The molecule has 0 amide bonds. The summed E-state index contributed by atoms with van der Waals surface area (Å²) < 4.78 is 41.5. The summed E-state index contributed by atoms with van der Waals surface area (Å²) in [7, 11) is -4.56. The summed E-state index contributed by atoms with van der Waals surface area (Å²) in [4.78, 5) is 0. The molecule has 6 heteroatoms. The van der Waals surface area contributed by atoms with Crippen LogP contribution >= 0.6 is 0 Å². The summed E-state index contributed by atoms with van der Waals surface area (Å²) >= 11 is 0. The average molecular weight is 597 g/mol. The SMILES string of the molecule is CC(C)=CCCC(C)=CCCC(C)=CCCC(C)=CCCC(C)=CCCC1(C)C=Cc2cc(OS(=O)(=O)O)ccc2O1. The third kappa shape index (κ3) is 14.9. The Morgan fingerprint density at radius 3 is 1.74 bits per heavy atom. The average Bonchev–Trinajstić information content (AvgIpc) is 2.87. The van der Waals surface area contributed by atoms with Gasteiger partial charge in [-0.2, -0.15) is 8.42 Å². The minimum atomic E-state index is -4.56. The highest BCUT2D eigenvalue weighted by Crippen LogP contribution is 2.36. The molecule has 1 aromatic carbocycles. The Labute approximate surface area is 255 Å². The van der Waals surface area contributed by atoms with Gasteiger partial charge in [0, 0.05) is 5.56 Å². The lowest BCUT2D eigenvalue weighted by Gasteiger charge is -2.31. The first kappa shape index (κ1) is 35.4. The van der Waals surface area contributed by atoms with Gasteiger partial charge >= 0.3 is 10.4 Å². The van der Waals surface area contributed by atoms with Crippen LogP contribution in [-0.4, -0.2) is 18.6 Å². The molecule has 0 radical (unpaired) electrons. The van der Waals surface area contributed by atoms with E-state index in [1.165, 1.54) is 40.0 Å². The van der Waals surface area contributed by atoms with E-state index in [9.17, 15) is 8.42 Å². The molecule has 0 fully saturated rings. The van der Waals surface area contributed by atoms with Crippen molar-refractivity contribution in [3.8, 4) is 11.5 Å². The van der Waals surface area contributed by atoms with Crippen LogP contribution < -0.4 is 8.92 Å². The van der Waals surface area contributed by atoms with E-state index in [0.29, 0.717) is 11.3 Å². The summed E-state index contributed by atoms with van der Waals surface area (Å²) in [6.45, 7) is 15.3. The summed E-state index contributed by atoms with van der Waals surface area (Å²) in [5.41, 5.74) is 7.49. The lowest BCUT2D eigenvalue weighted by molar-refractivity contribution is 0.128. The van der Waals surface area contributed by atoms with Crippen molar-refractivity contribution in [2.24, 2.45) is 0 Å². The molecule has 1 N–H and O–H groups in total. The molecule has 0 aromatic heterocycles. The number of hydrogen-bond acceptors (Lipinski definition) is 4. The van der Waals surface area contributed by atoms with Crippen LogP contribution in [0.5, 0.6) is 11.5 Å². The number of benzene rings is 1. The van der Waals surface area contributed by atoms with E-state index in [2.05, 4.69) is 76.1 Å². The highest BCUT2D eigenvalue weighted by atomic mass is 32.3. The molecule has 1 aliphatic rings. The van der Waals surface area contributed by atoms with Crippen LogP contribution in [0.1, 0.15) is 118 Å². The standard InChI is InChI=1S/C36H52O5S/c1-28(2)13-8-14-29(3)15-9-16-30(4)17-10-18-31(5)19-11-20-32(6)21-12-25-36(7)26-24-33-27-34(41-42(37,38)39)22-23-35(33)40-36/h13,15,17,19,21-24,26-27H,8-12,14,16,18,20,25H2,1-7H3,(H,37,38,39). The fourth-order valence-corrected chi connectivity index (χ4v) is 5.20. The zero-order valence-electron chi connectivity index (χ0n) is 26.8. The smallest absolute Gasteiger partial charge is 0.446 e. The number of fused-ring (bicyclic) bond motifs is 1. The first-order valence-electron chi connectivity index (χ1n) is 15.2. The van der Waals surface area contributed by atoms with Gasteiger partial charge in [-0.15, -0.1) is 0 Å². The van der Waals surface area contributed by atoms with Crippen LogP contribution in [0.4, 0.5) is 0 Å². The van der Waals surface area contributed by atoms with E-state index in [4.69, 9.17) is 9.29 Å². The number of rotatable bonds is 17. The van der Waals surface area contributed by atoms with Gasteiger partial charge in [-0.05, 0) is 137 Å². The first-order chi connectivity index (χ1) is 19.7. The fourth-order valence-electron chi connectivity index (χ4n) is 4.85. The first-order valence-corrected chi connectivity index (χ1v) is 16.6. The summed E-state index contributed by atoms with van der Waals surface area (Å²) in [6.07, 6.45) is 26.4. The van der Waals surface area contributed by atoms with Gasteiger partial charge < -0.3 is 8.92 Å². The van der Waals surface area contributed by atoms with Gasteiger partial charge in [0.2, 0.25) is 0 Å². The predicted octanol–water partition coefficient (Wildman–Crippen LogP) is 10.7. The summed E-state index contributed by atoms with van der Waals surface area (Å²) in [5.74, 6) is 0.703. The third-order valence-corrected chi connectivity index (χ3v) is 7.86. The van der Waals surface area contributed by atoms with E-state index in [1.807, 2.05) is 19.1 Å². The molecule has 1 unspecified atom stereocenters. The van der Waals surface area contributed by atoms with Crippen molar-refractivity contribution in [3.05, 3.63) is 88.1 Å². The fraction of sp³-hybridized carbons (Fsp3) is 0.500. The molecule has 42 heavy (non-hydrogen) atoms. The quantitative estimate of drug-likeness (QED) is 0.143. The molecule has 0 spiro atoms. The molecule has 1 heterocycles. The minimum Gasteiger partial charge on any atom is -0.483 e. The van der Waals surface area contributed by atoms with Crippen LogP contribution in [0.3, 0.4) is 0 Å². The number of ether oxygens (including phenoxy) is 1. The minimum absolute atomic E-state index is 0.0439. The molecule has 0 saturated heterocycles. The third-order valence-electron chi connectivity index (χ3n) is 7.46. The second-order valence-corrected chi connectivity index (χ2v) is 13.2. The van der Waals surface area contributed by atoms with E-state index in [-0.39, 0.29) is 5.75 Å². The summed E-state index contributed by atoms with van der Waals surface area (Å²) in [5, 5.41) is 0. The van der Waals surface area contributed by atoms with Crippen molar-refractivity contribution in [1.82, 2.24) is 0 Å². The van der Waals surface area contributed by atoms with Gasteiger partial charge in [0.25, 0.3) is 0 Å². The van der Waals surface area contributed by atoms with Gasteiger partial charge in [0.1, 0.15) is 17.1 Å². The van der Waals surface area contributed by atoms with Crippen molar-refractivity contribution in [3.63, 3.8) is 0 Å². The Bertz CT molecular complexity index is 1320. The molecule has 2 rings (SSSR count). The van der Waals surface area contributed by atoms with Crippen LogP contribution in [0, 0.1) is 0 Å². The van der Waals surface area contributed by atoms with E-state index in [1.54, 1.807) is 6.07 Å². The predicted molar refractivity (Wildman–Crippen MR) is 177 cm³/mol. The Balaban J connectivity index is 1.69. The number of hydrogen-bond donors (Lipinski definition) is 1. The molecule has 0 bridgehead atoms. The van der Waals surface area contributed by atoms with E-state index < -0.39 is 16.0 Å². The van der Waals surface area contributed by atoms with Crippen molar-refractivity contribution in [2.45, 2.75) is 118 Å². The molecule has 0 aliphatic carbocycles. The van der Waals surface area contributed by atoms with Crippen LogP contribution in [0.15, 0.2) is 82.5 Å². The van der Waals surface area contributed by atoms with Gasteiger partial charge in [-0.3, -0.25) is 4.55 Å². The van der Waals surface area contributed by atoms with Gasteiger partial charge in [-0.25, -0.2) is 0 Å². The Morgan fingerprint density at radius 1 is 0.786 bits per heavy atom. The number of allylic oxidation sites excluding steroid dienone is 10. The van der Waals surface area contributed by atoms with Gasteiger partial charge in [-0.1, -0.05) is 64.3 Å². The van der Waals surface area contributed by atoms with Crippen LogP contribution in [0.2, 0.25) is 0 Å². The van der Waals surface area contributed by atoms with Crippen LogP contribution in [0.25, 0.3) is 6.08 Å². The normalized spacial score (nSPS) is 18.0. The van der Waals surface area contributed by atoms with Gasteiger partial charge in [0.05, 0.1) is 0 Å². The molecule has 5 nitrogen and oxygen atoms in total. The zero-order chi connectivity index (χ0) is 31.2. The van der Waals surface area contributed by atoms with E-state index in [0.717, 1.165) is 64.2 Å². The second-order valence-electron chi connectivity index (χ2n) is 12.1. The van der Waals surface area contributed by atoms with E-state index >= 15 is 0 Å². The highest BCUT2D eigenvalue weighted by molar-refractivity contribution is 7.81. The molecule has 232 valence electrons. The maximum Gasteiger partial charge on any atom is 0.446 e. The molecular weight excluding hydrogens is 544 g/mol. The molecule has 1 atom stereocenters. The van der Waals surface area contributed by atoms with Gasteiger partial charge in [0.15, 0.2) is 0 Å². The van der Waals surface area contributed by atoms with Crippen molar-refractivity contribution < 1.29 is 21.9 Å². The van der Waals surface area contributed by atoms with Crippen molar-refractivity contribution in [2.75, 3.05) is 0 Å². The summed E-state index contributed by atoms with van der Waals surface area (Å²) in [6, 6.07) is 4.67. The second kappa shape index (κ2) is 17.3. The molecule has 1 aromatic rings. The van der Waals surface area contributed by atoms with Crippen LogP contribution in [-0.2, 0) is 10.4 Å². The maximum absolute atomic E-state index is 11.0. The maximum atomic E-state index is 11.0. The molecule has 1 aliphatic heterocycles. The monoisotopic (exact) mass is 596 g/mol. The Morgan fingerprint density at radius 2 is 1.26 bits per heavy atom. The van der Waals surface area contributed by atoms with Crippen molar-refractivity contribution >= 4 is 16.5 Å².